The van der Waals surface area contributed by atoms with Gasteiger partial charge in [0.2, 0.25) is 5.91 Å². The number of halogens is 3. The van der Waals surface area contributed by atoms with Gasteiger partial charge in [-0.15, -0.1) is 0 Å². The lowest BCUT2D eigenvalue weighted by molar-refractivity contribution is -0.137. The SMILES string of the molecule is CN(Cc1ccon1)C(=O)C1CCN(c2ccc(C(F)(F)F)cn2)C1. The van der Waals surface area contributed by atoms with Gasteiger partial charge in [0.1, 0.15) is 17.8 Å². The Balaban J connectivity index is 1.60. The van der Waals surface area contributed by atoms with Gasteiger partial charge in [-0.25, -0.2) is 4.98 Å². The summed E-state index contributed by atoms with van der Waals surface area (Å²) in [4.78, 5) is 19.8. The van der Waals surface area contributed by atoms with E-state index in [1.807, 2.05) is 4.90 Å². The van der Waals surface area contributed by atoms with Gasteiger partial charge in [0.25, 0.3) is 0 Å². The first kappa shape index (κ1) is 17.2. The predicted molar refractivity (Wildman–Crippen MR) is 82.5 cm³/mol. The molecule has 0 N–H and O–H groups in total. The number of anilines is 1. The fraction of sp³-hybridized carbons (Fsp3) is 0.438. The highest BCUT2D eigenvalue weighted by Gasteiger charge is 2.33. The van der Waals surface area contributed by atoms with E-state index in [-0.39, 0.29) is 11.8 Å². The van der Waals surface area contributed by atoms with Crippen LogP contribution in [0.3, 0.4) is 0 Å². The van der Waals surface area contributed by atoms with Crippen molar-refractivity contribution < 1.29 is 22.5 Å². The van der Waals surface area contributed by atoms with Crippen LogP contribution in [0.2, 0.25) is 0 Å². The molecule has 134 valence electrons. The zero-order valence-electron chi connectivity index (χ0n) is 13.5. The second-order valence-corrected chi connectivity index (χ2v) is 6.02. The summed E-state index contributed by atoms with van der Waals surface area (Å²) in [6.07, 6.45) is -1.51. The molecule has 1 aliphatic rings. The van der Waals surface area contributed by atoms with Crippen molar-refractivity contribution in [2.24, 2.45) is 5.92 Å². The summed E-state index contributed by atoms with van der Waals surface area (Å²) in [7, 11) is 1.69. The van der Waals surface area contributed by atoms with Crippen LogP contribution in [-0.4, -0.2) is 41.1 Å². The molecule has 1 aliphatic heterocycles. The second kappa shape index (κ2) is 6.73. The molecule has 0 saturated carbocycles. The number of nitrogens with zero attached hydrogens (tertiary/aromatic N) is 4. The lowest BCUT2D eigenvalue weighted by atomic mass is 10.1. The fourth-order valence-electron chi connectivity index (χ4n) is 2.86. The van der Waals surface area contributed by atoms with Gasteiger partial charge in [-0.05, 0) is 18.6 Å². The summed E-state index contributed by atoms with van der Waals surface area (Å²) < 4.78 is 42.5. The van der Waals surface area contributed by atoms with Crippen molar-refractivity contribution in [3.05, 3.63) is 41.9 Å². The topological polar surface area (TPSA) is 62.5 Å². The molecule has 0 radical (unpaired) electrons. The van der Waals surface area contributed by atoms with Gasteiger partial charge in [0.15, 0.2) is 0 Å². The van der Waals surface area contributed by atoms with E-state index in [2.05, 4.69) is 10.1 Å². The van der Waals surface area contributed by atoms with Gasteiger partial charge < -0.3 is 14.3 Å². The number of pyridine rings is 1. The second-order valence-electron chi connectivity index (χ2n) is 6.02. The monoisotopic (exact) mass is 354 g/mol. The molecular formula is C16H17F3N4O2. The van der Waals surface area contributed by atoms with Crippen molar-refractivity contribution in [1.29, 1.82) is 0 Å². The molecule has 25 heavy (non-hydrogen) atoms. The minimum atomic E-state index is -4.40. The molecule has 1 unspecified atom stereocenters. The van der Waals surface area contributed by atoms with Gasteiger partial charge in [-0.1, -0.05) is 5.16 Å². The molecule has 3 heterocycles. The maximum absolute atomic E-state index is 12.6. The Morgan fingerprint density at radius 2 is 2.20 bits per heavy atom. The molecular weight excluding hydrogens is 337 g/mol. The third-order valence-corrected chi connectivity index (χ3v) is 4.20. The normalized spacial score (nSPS) is 17.8. The Labute approximate surface area is 142 Å². The third-order valence-electron chi connectivity index (χ3n) is 4.20. The van der Waals surface area contributed by atoms with Crippen molar-refractivity contribution in [3.8, 4) is 0 Å². The quantitative estimate of drug-likeness (QED) is 0.845. The van der Waals surface area contributed by atoms with Crippen molar-refractivity contribution in [1.82, 2.24) is 15.0 Å². The molecule has 9 heteroatoms. The first-order chi connectivity index (χ1) is 11.8. The number of aromatic nitrogens is 2. The van der Waals surface area contributed by atoms with Crippen molar-refractivity contribution in [2.45, 2.75) is 19.1 Å². The number of amides is 1. The van der Waals surface area contributed by atoms with E-state index in [4.69, 9.17) is 4.52 Å². The van der Waals surface area contributed by atoms with Gasteiger partial charge in [0.05, 0.1) is 18.0 Å². The lowest BCUT2D eigenvalue weighted by Crippen LogP contribution is -2.34. The maximum Gasteiger partial charge on any atom is 0.417 e. The summed E-state index contributed by atoms with van der Waals surface area (Å²) in [5.41, 5.74) is -0.120. The minimum Gasteiger partial charge on any atom is -0.364 e. The van der Waals surface area contributed by atoms with Crippen molar-refractivity contribution in [3.63, 3.8) is 0 Å². The van der Waals surface area contributed by atoms with E-state index in [0.29, 0.717) is 37.6 Å². The number of hydrogen-bond acceptors (Lipinski definition) is 5. The molecule has 2 aromatic rings. The lowest BCUT2D eigenvalue weighted by Gasteiger charge is -2.21. The maximum atomic E-state index is 12.6. The number of hydrogen-bond donors (Lipinski definition) is 0. The Bertz CT molecular complexity index is 716. The van der Waals surface area contributed by atoms with Crippen LogP contribution in [0.4, 0.5) is 19.0 Å². The van der Waals surface area contributed by atoms with Gasteiger partial charge >= 0.3 is 6.18 Å². The Kier molecular flexibility index (Phi) is 4.65. The highest BCUT2D eigenvalue weighted by Crippen LogP contribution is 2.30. The first-order valence-corrected chi connectivity index (χ1v) is 7.77. The van der Waals surface area contributed by atoms with Gasteiger partial charge in [-0.3, -0.25) is 4.79 Å². The Hall–Kier alpha value is -2.58. The molecule has 1 saturated heterocycles. The smallest absolute Gasteiger partial charge is 0.364 e. The molecule has 0 aromatic carbocycles. The van der Waals surface area contributed by atoms with E-state index in [1.165, 1.54) is 12.3 Å². The number of carbonyl (C=O) groups is 1. The van der Waals surface area contributed by atoms with Crippen LogP contribution in [0.15, 0.2) is 35.2 Å². The molecule has 1 amide bonds. The molecule has 0 spiro atoms. The third kappa shape index (κ3) is 3.92. The molecule has 1 atom stereocenters. The molecule has 0 aliphatic carbocycles. The van der Waals surface area contributed by atoms with Crippen LogP contribution in [0.25, 0.3) is 0 Å². The zero-order valence-corrected chi connectivity index (χ0v) is 13.5. The van der Waals surface area contributed by atoms with E-state index in [9.17, 15) is 18.0 Å². The highest BCUT2D eigenvalue weighted by molar-refractivity contribution is 5.80. The summed E-state index contributed by atoms with van der Waals surface area (Å²) in [5.74, 6) is 0.195. The average Bonchev–Trinajstić information content (AvgIpc) is 3.25. The summed E-state index contributed by atoms with van der Waals surface area (Å²) in [6.45, 7) is 1.36. The van der Waals surface area contributed by atoms with Crippen molar-refractivity contribution in [2.75, 3.05) is 25.0 Å². The summed E-state index contributed by atoms with van der Waals surface area (Å²) in [6, 6.07) is 4.04. The van der Waals surface area contributed by atoms with E-state index in [1.54, 1.807) is 18.0 Å². The van der Waals surface area contributed by atoms with Gasteiger partial charge in [-0.2, -0.15) is 13.2 Å². The fourth-order valence-corrected chi connectivity index (χ4v) is 2.86. The molecule has 2 aromatic heterocycles. The molecule has 1 fully saturated rings. The molecule has 6 nitrogen and oxygen atoms in total. The number of rotatable bonds is 4. The van der Waals surface area contributed by atoms with E-state index < -0.39 is 11.7 Å². The zero-order chi connectivity index (χ0) is 18.0. The van der Waals surface area contributed by atoms with Crippen LogP contribution >= 0.6 is 0 Å². The van der Waals surface area contributed by atoms with E-state index in [0.717, 1.165) is 12.3 Å². The van der Waals surface area contributed by atoms with Crippen molar-refractivity contribution >= 4 is 11.7 Å². The Morgan fingerprint density at radius 1 is 1.40 bits per heavy atom. The van der Waals surface area contributed by atoms with Gasteiger partial charge in [0, 0.05) is 32.4 Å². The number of alkyl halides is 3. The van der Waals surface area contributed by atoms with Crippen LogP contribution in [0, 0.1) is 5.92 Å². The number of carbonyl (C=O) groups excluding carboxylic acids is 1. The molecule has 0 bridgehead atoms. The average molecular weight is 354 g/mol. The summed E-state index contributed by atoms with van der Waals surface area (Å²) >= 11 is 0. The van der Waals surface area contributed by atoms with Crippen LogP contribution in [0.1, 0.15) is 17.7 Å². The molecule has 3 rings (SSSR count). The predicted octanol–water partition coefficient (Wildman–Crippen LogP) is 2.57. The highest BCUT2D eigenvalue weighted by atomic mass is 19.4. The van der Waals surface area contributed by atoms with E-state index >= 15 is 0 Å². The largest absolute Gasteiger partial charge is 0.417 e. The standard InChI is InChI=1S/C16H17F3N4O2/c1-22(10-13-5-7-25-21-13)15(24)11-4-6-23(9-11)14-3-2-12(8-20-14)16(17,18)19/h2-3,5,7-8,11H,4,6,9-10H2,1H3. The minimum absolute atomic E-state index is 0.0302. The van der Waals surface area contributed by atoms with Crippen LogP contribution in [-0.2, 0) is 17.5 Å². The first-order valence-electron chi connectivity index (χ1n) is 7.77. The van der Waals surface area contributed by atoms with Crippen LogP contribution < -0.4 is 4.90 Å². The van der Waals surface area contributed by atoms with Crippen LogP contribution in [0.5, 0.6) is 0 Å². The summed E-state index contributed by atoms with van der Waals surface area (Å²) in [5, 5.41) is 3.77. The Morgan fingerprint density at radius 3 is 2.80 bits per heavy atom.